The molecule has 0 aromatic heterocycles. The van der Waals surface area contributed by atoms with Gasteiger partial charge in [-0.3, -0.25) is 0 Å². The number of benzene rings is 1. The lowest BCUT2D eigenvalue weighted by Gasteiger charge is -2.39. The minimum atomic E-state index is -0.658. The third kappa shape index (κ3) is 1.67. The van der Waals surface area contributed by atoms with Gasteiger partial charge in [-0.05, 0) is 12.1 Å². The van der Waals surface area contributed by atoms with Crippen LogP contribution in [-0.4, -0.2) is 19.5 Å². The molecule has 1 unspecified atom stereocenters. The molecule has 0 saturated heterocycles. The maximum atomic E-state index is 5.88. The lowest BCUT2D eigenvalue weighted by atomic mass is 10.0. The first-order chi connectivity index (χ1) is 7.18. The number of para-hydroxylation sites is 2. The van der Waals surface area contributed by atoms with Gasteiger partial charge in [-0.15, -0.1) is 0 Å². The van der Waals surface area contributed by atoms with Crippen molar-refractivity contribution in [2.24, 2.45) is 5.92 Å². The van der Waals surface area contributed by atoms with Gasteiger partial charge in [0, 0.05) is 13.0 Å². The Balaban J connectivity index is 2.31. The van der Waals surface area contributed by atoms with E-state index >= 15 is 0 Å². The van der Waals surface area contributed by atoms with Gasteiger partial charge in [0.15, 0.2) is 18.1 Å². The van der Waals surface area contributed by atoms with Crippen LogP contribution in [0.15, 0.2) is 24.3 Å². The molecule has 1 heterocycles. The van der Waals surface area contributed by atoms with Gasteiger partial charge in [-0.1, -0.05) is 26.0 Å². The van der Waals surface area contributed by atoms with E-state index in [4.69, 9.17) is 14.2 Å². The van der Waals surface area contributed by atoms with Crippen LogP contribution < -0.4 is 9.47 Å². The van der Waals surface area contributed by atoms with Crippen LogP contribution in [0.25, 0.3) is 0 Å². The van der Waals surface area contributed by atoms with Crippen LogP contribution in [0.4, 0.5) is 0 Å². The predicted molar refractivity (Wildman–Crippen MR) is 57.1 cm³/mol. The quantitative estimate of drug-likeness (QED) is 0.747. The normalized spacial score (nSPS) is 24.3. The van der Waals surface area contributed by atoms with Crippen LogP contribution in [0.5, 0.6) is 11.5 Å². The van der Waals surface area contributed by atoms with Crippen molar-refractivity contribution >= 4 is 0 Å². The van der Waals surface area contributed by atoms with E-state index in [1.54, 1.807) is 7.11 Å². The van der Waals surface area contributed by atoms with Crippen molar-refractivity contribution in [1.29, 1.82) is 0 Å². The highest BCUT2D eigenvalue weighted by atomic mass is 16.7. The SMILES string of the molecule is COC1(C(C)C)COc2ccccc2O1. The summed E-state index contributed by atoms with van der Waals surface area (Å²) in [6, 6.07) is 7.64. The van der Waals surface area contributed by atoms with Crippen molar-refractivity contribution in [2.75, 3.05) is 13.7 Å². The molecule has 3 heteroatoms. The average Bonchev–Trinajstić information content (AvgIpc) is 2.28. The van der Waals surface area contributed by atoms with Gasteiger partial charge in [0.1, 0.15) is 0 Å². The minimum absolute atomic E-state index is 0.232. The summed E-state index contributed by atoms with van der Waals surface area (Å²) in [5, 5.41) is 0. The van der Waals surface area contributed by atoms with Crippen LogP contribution >= 0.6 is 0 Å². The fourth-order valence-electron chi connectivity index (χ4n) is 1.67. The Bertz CT molecular complexity index is 348. The number of methoxy groups -OCH3 is 1. The fraction of sp³-hybridized carbons (Fsp3) is 0.500. The summed E-state index contributed by atoms with van der Waals surface area (Å²) in [5.74, 6) is 1.11. The molecule has 0 radical (unpaired) electrons. The highest BCUT2D eigenvalue weighted by Gasteiger charge is 2.41. The fourth-order valence-corrected chi connectivity index (χ4v) is 1.67. The lowest BCUT2D eigenvalue weighted by Crippen LogP contribution is -2.50. The smallest absolute Gasteiger partial charge is 0.247 e. The van der Waals surface area contributed by atoms with Crippen molar-refractivity contribution in [2.45, 2.75) is 19.6 Å². The zero-order valence-corrected chi connectivity index (χ0v) is 9.32. The Morgan fingerprint density at radius 1 is 1.27 bits per heavy atom. The third-order valence-corrected chi connectivity index (χ3v) is 2.79. The Kier molecular flexibility index (Phi) is 2.57. The summed E-state index contributed by atoms with van der Waals surface area (Å²) in [4.78, 5) is 0. The van der Waals surface area contributed by atoms with Crippen molar-refractivity contribution < 1.29 is 14.2 Å². The van der Waals surface area contributed by atoms with Crippen molar-refractivity contribution in [1.82, 2.24) is 0 Å². The molecule has 1 aliphatic heterocycles. The molecule has 2 rings (SSSR count). The van der Waals surface area contributed by atoms with Crippen molar-refractivity contribution in [3.8, 4) is 11.5 Å². The molecule has 3 nitrogen and oxygen atoms in total. The summed E-state index contributed by atoms with van der Waals surface area (Å²) < 4.78 is 17.0. The Hall–Kier alpha value is -1.22. The number of fused-ring (bicyclic) bond motifs is 1. The molecule has 0 saturated carbocycles. The summed E-state index contributed by atoms with van der Waals surface area (Å²) in [6.07, 6.45) is 0. The predicted octanol–water partition coefficient (Wildman–Crippen LogP) is 2.46. The molecule has 1 aromatic rings. The molecule has 0 aliphatic carbocycles. The zero-order chi connectivity index (χ0) is 10.9. The first-order valence-corrected chi connectivity index (χ1v) is 5.14. The van der Waals surface area contributed by atoms with Gasteiger partial charge in [-0.25, -0.2) is 0 Å². The summed E-state index contributed by atoms with van der Waals surface area (Å²) in [5.41, 5.74) is 0. The van der Waals surface area contributed by atoms with Crippen LogP contribution in [0.2, 0.25) is 0 Å². The second kappa shape index (κ2) is 3.74. The first kappa shape index (κ1) is 10.3. The Labute approximate surface area is 90.0 Å². The average molecular weight is 208 g/mol. The molecule has 0 fully saturated rings. The van der Waals surface area contributed by atoms with E-state index in [1.165, 1.54) is 0 Å². The third-order valence-electron chi connectivity index (χ3n) is 2.79. The second-order valence-corrected chi connectivity index (χ2v) is 4.01. The maximum Gasteiger partial charge on any atom is 0.247 e. The monoisotopic (exact) mass is 208 g/mol. The van der Waals surface area contributed by atoms with E-state index in [1.807, 2.05) is 24.3 Å². The molecular weight excluding hydrogens is 192 g/mol. The van der Waals surface area contributed by atoms with E-state index in [-0.39, 0.29) is 5.92 Å². The minimum Gasteiger partial charge on any atom is -0.483 e. The van der Waals surface area contributed by atoms with E-state index in [0.717, 1.165) is 11.5 Å². The van der Waals surface area contributed by atoms with Crippen molar-refractivity contribution in [3.63, 3.8) is 0 Å². The zero-order valence-electron chi connectivity index (χ0n) is 9.32. The summed E-state index contributed by atoms with van der Waals surface area (Å²) >= 11 is 0. The largest absolute Gasteiger partial charge is 0.483 e. The molecule has 0 N–H and O–H groups in total. The summed E-state index contributed by atoms with van der Waals surface area (Å²) in [7, 11) is 1.65. The Morgan fingerprint density at radius 3 is 2.53 bits per heavy atom. The van der Waals surface area contributed by atoms with E-state index in [9.17, 15) is 0 Å². The highest BCUT2D eigenvalue weighted by Crippen LogP contribution is 2.37. The Morgan fingerprint density at radius 2 is 1.93 bits per heavy atom. The molecule has 1 atom stereocenters. The number of ether oxygens (including phenoxy) is 3. The number of rotatable bonds is 2. The topological polar surface area (TPSA) is 27.7 Å². The second-order valence-electron chi connectivity index (χ2n) is 4.01. The maximum absolute atomic E-state index is 5.88. The molecule has 0 spiro atoms. The van der Waals surface area contributed by atoms with Gasteiger partial charge in [0.05, 0.1) is 0 Å². The van der Waals surface area contributed by atoms with E-state index in [2.05, 4.69) is 13.8 Å². The van der Waals surface area contributed by atoms with Gasteiger partial charge in [0.2, 0.25) is 5.79 Å². The van der Waals surface area contributed by atoms with Crippen molar-refractivity contribution in [3.05, 3.63) is 24.3 Å². The molecule has 82 valence electrons. The molecular formula is C12H16O3. The van der Waals surface area contributed by atoms with Gasteiger partial charge in [0.25, 0.3) is 0 Å². The van der Waals surface area contributed by atoms with Crippen LogP contribution in [0.1, 0.15) is 13.8 Å². The van der Waals surface area contributed by atoms with Gasteiger partial charge >= 0.3 is 0 Å². The van der Waals surface area contributed by atoms with E-state index < -0.39 is 5.79 Å². The van der Waals surface area contributed by atoms with E-state index in [0.29, 0.717) is 6.61 Å². The molecule has 15 heavy (non-hydrogen) atoms. The van der Waals surface area contributed by atoms with Gasteiger partial charge in [-0.2, -0.15) is 0 Å². The van der Waals surface area contributed by atoms with Crippen LogP contribution in [0, 0.1) is 5.92 Å². The molecule has 0 amide bonds. The number of hydrogen-bond donors (Lipinski definition) is 0. The standard InChI is InChI=1S/C12H16O3/c1-9(2)12(13-3)8-14-10-6-4-5-7-11(10)15-12/h4-7,9H,8H2,1-3H3. The van der Waals surface area contributed by atoms with Crippen LogP contribution in [-0.2, 0) is 4.74 Å². The summed E-state index contributed by atoms with van der Waals surface area (Å²) in [6.45, 7) is 4.54. The molecule has 1 aromatic carbocycles. The lowest BCUT2D eigenvalue weighted by molar-refractivity contribution is -0.222. The molecule has 0 bridgehead atoms. The first-order valence-electron chi connectivity index (χ1n) is 5.14. The number of hydrogen-bond acceptors (Lipinski definition) is 3. The highest BCUT2D eigenvalue weighted by molar-refractivity contribution is 5.41. The van der Waals surface area contributed by atoms with Gasteiger partial charge < -0.3 is 14.2 Å². The van der Waals surface area contributed by atoms with Crippen LogP contribution in [0.3, 0.4) is 0 Å². The molecule has 1 aliphatic rings.